The summed E-state index contributed by atoms with van der Waals surface area (Å²) < 4.78 is 19.6. The molecule has 1 aliphatic heterocycles. The number of amides is 1. The van der Waals surface area contributed by atoms with Crippen molar-refractivity contribution in [2.24, 2.45) is 5.73 Å². The van der Waals surface area contributed by atoms with Crippen LogP contribution in [0.4, 0.5) is 0 Å². The molecule has 1 aromatic carbocycles. The molecule has 1 aliphatic rings. The second-order valence-electron chi connectivity index (χ2n) is 7.93. The first-order valence-corrected chi connectivity index (χ1v) is 11.7. The predicted molar refractivity (Wildman–Crippen MR) is 126 cm³/mol. The van der Waals surface area contributed by atoms with Gasteiger partial charge >= 0.3 is 0 Å². The number of fused-ring (bicyclic) bond motifs is 3. The molecule has 170 valence electrons. The monoisotopic (exact) mass is 455 g/mol. The molecule has 3 heterocycles. The summed E-state index contributed by atoms with van der Waals surface area (Å²) in [6.45, 7) is 5.82. The first-order chi connectivity index (χ1) is 15.5. The van der Waals surface area contributed by atoms with Crippen LogP contribution in [0.3, 0.4) is 0 Å². The Labute approximate surface area is 192 Å². The third-order valence-electron chi connectivity index (χ3n) is 5.39. The highest BCUT2D eigenvalue weighted by Gasteiger charge is 2.29. The van der Waals surface area contributed by atoms with Gasteiger partial charge in [0.25, 0.3) is 5.91 Å². The van der Waals surface area contributed by atoms with Crippen molar-refractivity contribution in [1.82, 2.24) is 9.88 Å². The Morgan fingerprint density at radius 3 is 2.91 bits per heavy atom. The third kappa shape index (κ3) is 4.39. The highest BCUT2D eigenvalue weighted by atomic mass is 32.1. The van der Waals surface area contributed by atoms with Crippen molar-refractivity contribution in [3.05, 3.63) is 51.8 Å². The zero-order valence-corrected chi connectivity index (χ0v) is 19.5. The van der Waals surface area contributed by atoms with Gasteiger partial charge in [0.1, 0.15) is 18.1 Å². The molecular formula is C24H29N3O4S. The van der Waals surface area contributed by atoms with Crippen molar-refractivity contribution in [2.75, 3.05) is 20.2 Å². The Morgan fingerprint density at radius 1 is 1.38 bits per heavy atom. The Kier molecular flexibility index (Phi) is 6.83. The van der Waals surface area contributed by atoms with Gasteiger partial charge < -0.3 is 29.8 Å². The predicted octanol–water partition coefficient (Wildman–Crippen LogP) is 4.11. The molecule has 2 aromatic heterocycles. The van der Waals surface area contributed by atoms with Crippen molar-refractivity contribution < 1.29 is 19.0 Å². The van der Waals surface area contributed by atoms with Crippen LogP contribution in [-0.4, -0.2) is 36.8 Å². The van der Waals surface area contributed by atoms with E-state index < -0.39 is 0 Å². The van der Waals surface area contributed by atoms with Gasteiger partial charge in [-0.2, -0.15) is 11.3 Å². The van der Waals surface area contributed by atoms with Crippen LogP contribution in [0.15, 0.2) is 35.2 Å². The van der Waals surface area contributed by atoms with Crippen LogP contribution in [0.25, 0.3) is 16.9 Å². The zero-order valence-electron chi connectivity index (χ0n) is 18.6. The first-order valence-electron chi connectivity index (χ1n) is 10.7. The van der Waals surface area contributed by atoms with E-state index in [-0.39, 0.29) is 12.0 Å². The summed E-state index contributed by atoms with van der Waals surface area (Å²) in [6, 6.07) is 6.00. The second-order valence-corrected chi connectivity index (χ2v) is 8.71. The third-order valence-corrected chi connectivity index (χ3v) is 6.06. The van der Waals surface area contributed by atoms with Crippen molar-refractivity contribution >= 4 is 17.2 Å². The molecule has 8 heteroatoms. The molecule has 0 atom stereocenters. The minimum atomic E-state index is -0.118. The summed E-state index contributed by atoms with van der Waals surface area (Å²) in [6.07, 6.45) is 2.73. The zero-order chi connectivity index (χ0) is 22.7. The summed E-state index contributed by atoms with van der Waals surface area (Å²) in [5.41, 5.74) is 10.9. The molecule has 0 aliphatic carbocycles. The minimum Gasteiger partial charge on any atom is -0.496 e. The van der Waals surface area contributed by atoms with E-state index in [2.05, 4.69) is 15.3 Å². The number of carbonyl (C=O) groups excluding carboxylic acids is 1. The molecule has 0 saturated heterocycles. The van der Waals surface area contributed by atoms with Crippen molar-refractivity contribution in [1.29, 1.82) is 0 Å². The fraction of sp³-hybridized carbons (Fsp3) is 0.375. The number of ether oxygens (including phenoxy) is 3. The summed E-state index contributed by atoms with van der Waals surface area (Å²) in [5, 5.41) is 7.06. The maximum absolute atomic E-state index is 13.0. The fourth-order valence-electron chi connectivity index (χ4n) is 3.80. The maximum atomic E-state index is 13.0. The van der Waals surface area contributed by atoms with E-state index in [4.69, 9.17) is 19.9 Å². The number of nitrogens with zero attached hydrogens (tertiary/aromatic N) is 1. The Morgan fingerprint density at radius 2 is 2.22 bits per heavy atom. The molecule has 0 unspecified atom stereocenters. The lowest BCUT2D eigenvalue weighted by molar-refractivity contribution is 0.0644. The van der Waals surface area contributed by atoms with Crippen LogP contribution < -0.4 is 20.5 Å². The van der Waals surface area contributed by atoms with Gasteiger partial charge in [0.2, 0.25) is 0 Å². The van der Waals surface area contributed by atoms with Gasteiger partial charge in [-0.3, -0.25) is 4.79 Å². The number of nitrogens with two attached hydrogens (primary N) is 1. The Bertz CT molecular complexity index is 1090. The van der Waals surface area contributed by atoms with Crippen LogP contribution in [0, 0.1) is 0 Å². The number of hydrogen-bond acceptors (Lipinski definition) is 6. The Balaban J connectivity index is 1.82. The SMILES string of the molecule is COc1cc2c(cc1COC(C)C)-c1c(c(C(=O)NCCCN)cn1-c1ccsc1)CO2. The van der Waals surface area contributed by atoms with Crippen molar-refractivity contribution in [2.45, 2.75) is 39.6 Å². The fourth-order valence-corrected chi connectivity index (χ4v) is 4.42. The lowest BCUT2D eigenvalue weighted by Gasteiger charge is -2.23. The minimum absolute atomic E-state index is 0.0982. The number of thiophene rings is 1. The largest absolute Gasteiger partial charge is 0.496 e. The van der Waals surface area contributed by atoms with Gasteiger partial charge in [-0.05, 0) is 44.3 Å². The number of nitrogens with one attached hydrogen (secondary N) is 1. The molecule has 0 spiro atoms. The molecule has 32 heavy (non-hydrogen) atoms. The van der Waals surface area contributed by atoms with E-state index in [9.17, 15) is 4.79 Å². The number of benzene rings is 1. The van der Waals surface area contributed by atoms with Gasteiger partial charge in [-0.15, -0.1) is 0 Å². The van der Waals surface area contributed by atoms with E-state index >= 15 is 0 Å². The standard InChI is InChI=1S/C24H29N3O4S/c1-15(2)30-12-16-9-18-22(10-21(16)29-3)31-13-20-19(24(28)26-7-4-6-25)11-27(23(18)20)17-5-8-32-14-17/h5,8-11,14-15H,4,6-7,12-13,25H2,1-3H3,(H,26,28). The number of hydrogen-bond donors (Lipinski definition) is 2. The molecule has 0 radical (unpaired) electrons. The van der Waals surface area contributed by atoms with Gasteiger partial charge in [0, 0.05) is 40.9 Å². The molecule has 0 saturated carbocycles. The van der Waals surface area contributed by atoms with Crippen LogP contribution in [0.2, 0.25) is 0 Å². The summed E-state index contributed by atoms with van der Waals surface area (Å²) in [4.78, 5) is 13.0. The molecule has 3 aromatic rings. The van der Waals surface area contributed by atoms with Crippen molar-refractivity contribution in [3.8, 4) is 28.4 Å². The lowest BCUT2D eigenvalue weighted by Crippen LogP contribution is -2.26. The molecule has 4 rings (SSSR count). The molecule has 3 N–H and O–H groups in total. The summed E-state index contributed by atoms with van der Waals surface area (Å²) >= 11 is 1.61. The van der Waals surface area contributed by atoms with Crippen LogP contribution in [0.1, 0.15) is 41.8 Å². The summed E-state index contributed by atoms with van der Waals surface area (Å²) in [7, 11) is 1.65. The number of methoxy groups -OCH3 is 1. The molecular weight excluding hydrogens is 426 g/mol. The highest BCUT2D eigenvalue weighted by Crippen LogP contribution is 2.44. The van der Waals surface area contributed by atoms with E-state index in [1.165, 1.54) is 0 Å². The Hall–Kier alpha value is -2.81. The number of aromatic nitrogens is 1. The second kappa shape index (κ2) is 9.77. The molecule has 0 bridgehead atoms. The highest BCUT2D eigenvalue weighted by molar-refractivity contribution is 7.08. The van der Waals surface area contributed by atoms with Gasteiger partial charge in [-0.1, -0.05) is 0 Å². The van der Waals surface area contributed by atoms with E-state index in [0.29, 0.717) is 31.9 Å². The molecule has 0 fully saturated rings. The quantitative estimate of drug-likeness (QED) is 0.474. The summed E-state index contributed by atoms with van der Waals surface area (Å²) in [5.74, 6) is 1.33. The van der Waals surface area contributed by atoms with Crippen molar-refractivity contribution in [3.63, 3.8) is 0 Å². The lowest BCUT2D eigenvalue weighted by atomic mass is 9.98. The topological polar surface area (TPSA) is 87.7 Å². The van der Waals surface area contributed by atoms with Crippen LogP contribution >= 0.6 is 11.3 Å². The van der Waals surface area contributed by atoms with Crippen LogP contribution in [0.5, 0.6) is 11.5 Å². The maximum Gasteiger partial charge on any atom is 0.253 e. The number of carbonyl (C=O) groups is 1. The van der Waals surface area contributed by atoms with Gasteiger partial charge in [0.15, 0.2) is 0 Å². The average molecular weight is 456 g/mol. The first kappa shape index (κ1) is 22.4. The van der Waals surface area contributed by atoms with E-state index in [1.54, 1.807) is 18.4 Å². The van der Waals surface area contributed by atoms with E-state index in [0.717, 1.165) is 46.0 Å². The van der Waals surface area contributed by atoms with Gasteiger partial charge in [0.05, 0.1) is 36.8 Å². The van der Waals surface area contributed by atoms with Gasteiger partial charge in [-0.25, -0.2) is 0 Å². The van der Waals surface area contributed by atoms with Crippen LogP contribution in [-0.2, 0) is 18.0 Å². The van der Waals surface area contributed by atoms with E-state index in [1.807, 2.05) is 43.6 Å². The number of rotatable bonds is 9. The molecule has 1 amide bonds. The normalized spacial score (nSPS) is 12.3. The average Bonchev–Trinajstić information content (AvgIpc) is 3.45. The molecule has 7 nitrogen and oxygen atoms in total. The smallest absolute Gasteiger partial charge is 0.253 e.